The SMILES string of the molecule is COc1cc([C@H]2c3sc(=O)[nH]c3SC3C2[C@H]2C[C@@H]3C3C(=O)N(c4ccc(F)cc4)C(=O)C32)ccc1OCC(=O)Nc1cccc(C(F)(F)F)c1. The summed E-state index contributed by atoms with van der Waals surface area (Å²) in [5.41, 5.74) is 0.214. The fraction of sp³-hybridized carbons (Fsp3) is 0.314. The third kappa shape index (κ3) is 5.29. The van der Waals surface area contributed by atoms with Gasteiger partial charge in [-0.05, 0) is 84.3 Å². The monoisotopic (exact) mass is 725 g/mol. The highest BCUT2D eigenvalue weighted by Crippen LogP contribution is 2.68. The first-order chi connectivity index (χ1) is 23.9. The largest absolute Gasteiger partial charge is 0.493 e. The standard InChI is InChI=1S/C35H27F4N3O6S2/c1-47-23-11-15(5-10-22(23)48-14-24(43)40-18-4-2-3-16(12-18)35(37,38)39)25-26-20-13-21(29(26)49-31-30(25)50-34(46)41-31)28-27(20)32(44)42(33(28)45)19-8-6-17(36)7-9-19/h2-12,20-21,25-29H,13-14H2,1H3,(H,40,43)(H,41,46)/t20-,21-,25-,26?,27?,28?,29?/m1/s1. The minimum Gasteiger partial charge on any atom is -0.493 e. The van der Waals surface area contributed by atoms with Crippen LogP contribution in [0.1, 0.15) is 28.3 Å². The number of benzene rings is 3. The van der Waals surface area contributed by atoms with Crippen LogP contribution in [0, 0.1) is 35.4 Å². The number of amides is 3. The molecule has 1 aromatic heterocycles. The van der Waals surface area contributed by atoms with Crippen LogP contribution >= 0.6 is 23.1 Å². The average Bonchev–Trinajstić information content (AvgIpc) is 3.82. The molecule has 3 amide bonds. The number of nitrogens with zero attached hydrogens (tertiary/aromatic N) is 1. The third-order valence-corrected chi connectivity index (χ3v) is 12.8. The highest BCUT2D eigenvalue weighted by atomic mass is 32.2. The van der Waals surface area contributed by atoms with Crippen LogP contribution in [0.25, 0.3) is 0 Å². The van der Waals surface area contributed by atoms with Crippen molar-refractivity contribution in [1.82, 2.24) is 4.98 Å². The zero-order valence-corrected chi connectivity index (χ0v) is 27.7. The van der Waals surface area contributed by atoms with E-state index in [0.29, 0.717) is 17.9 Å². The third-order valence-electron chi connectivity index (χ3n) is 10.2. The molecule has 3 aromatic carbocycles. The number of nitrogens with one attached hydrogen (secondary N) is 2. The highest BCUT2D eigenvalue weighted by Gasteiger charge is 2.69. The molecule has 2 aliphatic carbocycles. The molecule has 2 N–H and O–H groups in total. The molecule has 0 spiro atoms. The van der Waals surface area contributed by atoms with Gasteiger partial charge in [-0.25, -0.2) is 4.39 Å². The zero-order valence-electron chi connectivity index (χ0n) is 26.0. The minimum absolute atomic E-state index is 0.0295. The van der Waals surface area contributed by atoms with Gasteiger partial charge in [0.2, 0.25) is 11.8 Å². The summed E-state index contributed by atoms with van der Waals surface area (Å²) in [6, 6.07) is 14.8. The number of hydrogen-bond acceptors (Lipinski definition) is 8. The second kappa shape index (κ2) is 12.0. The van der Waals surface area contributed by atoms with E-state index in [1.807, 2.05) is 6.07 Å². The molecule has 7 atom stereocenters. The first-order valence-electron chi connectivity index (χ1n) is 15.7. The van der Waals surface area contributed by atoms with Crippen molar-refractivity contribution in [2.75, 3.05) is 23.9 Å². The van der Waals surface area contributed by atoms with Gasteiger partial charge in [-0.3, -0.25) is 24.1 Å². The predicted octanol–water partition coefficient (Wildman–Crippen LogP) is 6.30. The average molecular weight is 726 g/mol. The minimum atomic E-state index is -4.56. The van der Waals surface area contributed by atoms with E-state index in [1.165, 1.54) is 48.4 Å². The number of aromatic nitrogens is 1. The number of anilines is 2. The number of ether oxygens (including phenoxy) is 2. The Balaban J connectivity index is 1.06. The van der Waals surface area contributed by atoms with Gasteiger partial charge in [0.25, 0.3) is 5.91 Å². The molecule has 1 saturated heterocycles. The Hall–Kier alpha value is -4.63. The van der Waals surface area contributed by atoms with Crippen molar-refractivity contribution in [2.24, 2.45) is 29.6 Å². The lowest BCUT2D eigenvalue weighted by atomic mass is 9.68. The van der Waals surface area contributed by atoms with Gasteiger partial charge < -0.3 is 19.8 Å². The van der Waals surface area contributed by atoms with E-state index in [0.717, 1.165) is 38.9 Å². The van der Waals surface area contributed by atoms with E-state index in [2.05, 4.69) is 10.3 Å². The number of fused-ring (bicyclic) bond motifs is 9. The molecule has 4 aliphatic rings. The Morgan fingerprint density at radius 3 is 2.44 bits per heavy atom. The maximum atomic E-state index is 13.9. The van der Waals surface area contributed by atoms with Crippen LogP contribution in [0.15, 0.2) is 76.6 Å². The smallest absolute Gasteiger partial charge is 0.416 e. The van der Waals surface area contributed by atoms with E-state index >= 15 is 0 Å². The number of hydrogen-bond donors (Lipinski definition) is 2. The molecule has 9 nitrogen and oxygen atoms in total. The summed E-state index contributed by atoms with van der Waals surface area (Å²) >= 11 is 2.65. The number of thiazole rings is 1. The number of imide groups is 1. The number of methoxy groups -OCH3 is 1. The molecule has 2 bridgehead atoms. The highest BCUT2D eigenvalue weighted by molar-refractivity contribution is 8.00. The van der Waals surface area contributed by atoms with Crippen LogP contribution in [0.4, 0.5) is 28.9 Å². The summed E-state index contributed by atoms with van der Waals surface area (Å²) in [6.07, 6.45) is -3.88. The molecule has 3 heterocycles. The van der Waals surface area contributed by atoms with E-state index in [9.17, 15) is 36.7 Å². The van der Waals surface area contributed by atoms with Gasteiger partial charge in [-0.1, -0.05) is 23.5 Å². The first-order valence-corrected chi connectivity index (χ1v) is 17.4. The van der Waals surface area contributed by atoms with Gasteiger partial charge in [0.15, 0.2) is 18.1 Å². The molecule has 2 saturated carbocycles. The number of carbonyl (C=O) groups excluding carboxylic acids is 3. The van der Waals surface area contributed by atoms with Crippen molar-refractivity contribution in [3.05, 3.63) is 98.2 Å². The van der Waals surface area contributed by atoms with Crippen LogP contribution < -0.4 is 24.6 Å². The molecular formula is C35H27F4N3O6S2. The van der Waals surface area contributed by atoms with E-state index in [4.69, 9.17) is 9.47 Å². The number of aromatic amines is 1. The van der Waals surface area contributed by atoms with E-state index in [-0.39, 0.29) is 57.0 Å². The fourth-order valence-corrected chi connectivity index (χ4v) is 11.2. The molecule has 258 valence electrons. The summed E-state index contributed by atoms with van der Waals surface area (Å²) in [6.45, 7) is -0.506. The van der Waals surface area contributed by atoms with Crippen molar-refractivity contribution >= 4 is 52.2 Å². The number of H-pyrrole nitrogens is 1. The lowest BCUT2D eigenvalue weighted by Crippen LogP contribution is -2.42. The van der Waals surface area contributed by atoms with Crippen molar-refractivity contribution in [2.45, 2.75) is 28.8 Å². The quantitative estimate of drug-likeness (QED) is 0.170. The normalized spacial score (nSPS) is 26.4. The van der Waals surface area contributed by atoms with Crippen molar-refractivity contribution < 1.29 is 41.4 Å². The molecule has 8 rings (SSSR count). The molecule has 50 heavy (non-hydrogen) atoms. The summed E-state index contributed by atoms with van der Waals surface area (Å²) in [5.74, 6) is -2.92. The molecule has 2 aliphatic heterocycles. The maximum absolute atomic E-state index is 13.9. The molecule has 3 fully saturated rings. The number of halogens is 4. The summed E-state index contributed by atoms with van der Waals surface area (Å²) in [5, 5.41) is 3.08. The van der Waals surface area contributed by atoms with Gasteiger partial charge in [0.05, 0.1) is 35.2 Å². The first kappa shape index (κ1) is 32.6. The van der Waals surface area contributed by atoms with Crippen LogP contribution in [0.2, 0.25) is 0 Å². The van der Waals surface area contributed by atoms with Gasteiger partial charge >= 0.3 is 11.0 Å². The molecule has 4 unspecified atom stereocenters. The molecule has 0 radical (unpaired) electrons. The van der Waals surface area contributed by atoms with Crippen molar-refractivity contribution in [3.8, 4) is 11.5 Å². The Morgan fingerprint density at radius 1 is 0.980 bits per heavy atom. The van der Waals surface area contributed by atoms with Crippen molar-refractivity contribution in [3.63, 3.8) is 0 Å². The second-order valence-electron chi connectivity index (χ2n) is 12.8. The van der Waals surface area contributed by atoms with Gasteiger partial charge in [-0.2, -0.15) is 13.2 Å². The van der Waals surface area contributed by atoms with Crippen LogP contribution in [0.5, 0.6) is 11.5 Å². The van der Waals surface area contributed by atoms with E-state index < -0.39 is 41.9 Å². The topological polar surface area (TPSA) is 118 Å². The zero-order chi connectivity index (χ0) is 35.1. The van der Waals surface area contributed by atoms with Crippen LogP contribution in [-0.2, 0) is 20.6 Å². The fourth-order valence-electron chi connectivity index (χ4n) is 8.35. The van der Waals surface area contributed by atoms with Crippen LogP contribution in [0.3, 0.4) is 0 Å². The van der Waals surface area contributed by atoms with Gasteiger partial charge in [0.1, 0.15) is 5.82 Å². The second-order valence-corrected chi connectivity index (χ2v) is 15.0. The maximum Gasteiger partial charge on any atom is 0.416 e. The van der Waals surface area contributed by atoms with Crippen molar-refractivity contribution in [1.29, 1.82) is 0 Å². The Labute approximate surface area is 290 Å². The van der Waals surface area contributed by atoms with Gasteiger partial charge in [-0.15, -0.1) is 11.8 Å². The number of carbonyl (C=O) groups is 3. The summed E-state index contributed by atoms with van der Waals surface area (Å²) in [7, 11) is 1.43. The number of alkyl halides is 3. The Bertz CT molecular complexity index is 2100. The Kier molecular flexibility index (Phi) is 7.82. The number of rotatable bonds is 7. The molecule has 4 aromatic rings. The summed E-state index contributed by atoms with van der Waals surface area (Å²) < 4.78 is 64.3. The molecule has 15 heteroatoms. The van der Waals surface area contributed by atoms with Gasteiger partial charge in [0, 0.05) is 21.7 Å². The molecular weight excluding hydrogens is 699 g/mol. The van der Waals surface area contributed by atoms with Crippen LogP contribution in [-0.4, -0.2) is 41.7 Å². The lowest BCUT2D eigenvalue weighted by molar-refractivity contribution is -0.137. The summed E-state index contributed by atoms with van der Waals surface area (Å²) in [4.78, 5) is 57.7. The predicted molar refractivity (Wildman–Crippen MR) is 176 cm³/mol. The number of thioether (sulfide) groups is 1. The van der Waals surface area contributed by atoms with E-state index in [1.54, 1.807) is 23.9 Å². The lowest BCUT2D eigenvalue weighted by Gasteiger charge is -2.43. The Morgan fingerprint density at radius 2 is 1.72 bits per heavy atom.